The van der Waals surface area contributed by atoms with E-state index in [1.54, 1.807) is 20.3 Å². The van der Waals surface area contributed by atoms with Crippen molar-refractivity contribution in [3.05, 3.63) is 6.07 Å². The van der Waals surface area contributed by atoms with Crippen molar-refractivity contribution in [2.24, 2.45) is 0 Å². The van der Waals surface area contributed by atoms with Crippen LogP contribution in [0.2, 0.25) is 0 Å². The third-order valence-corrected chi connectivity index (χ3v) is 2.56. The zero-order valence-corrected chi connectivity index (χ0v) is 11.0. The maximum absolute atomic E-state index is 5.10. The summed E-state index contributed by atoms with van der Waals surface area (Å²) >= 11 is 0. The zero-order valence-electron chi connectivity index (χ0n) is 11.0. The van der Waals surface area contributed by atoms with Gasteiger partial charge >= 0.3 is 0 Å². The summed E-state index contributed by atoms with van der Waals surface area (Å²) in [6, 6.07) is 2.04. The van der Waals surface area contributed by atoms with Gasteiger partial charge in [-0.05, 0) is 12.8 Å². The lowest BCUT2D eigenvalue weighted by Gasteiger charge is -2.16. The highest BCUT2D eigenvalue weighted by Crippen LogP contribution is 2.18. The standard InChI is InChI=1S/C12H21N3O2/c1-5-7-9(6-2)13-12-14-10(16-3)8-11(15-12)17-4/h8-9H,5-7H2,1-4H3,(H,13,14,15). The van der Waals surface area contributed by atoms with Crippen LogP contribution in [0.25, 0.3) is 0 Å². The third kappa shape index (κ3) is 4.09. The molecular formula is C12H21N3O2. The molecule has 1 atom stereocenters. The molecule has 5 heteroatoms. The van der Waals surface area contributed by atoms with E-state index in [9.17, 15) is 0 Å². The molecule has 0 fully saturated rings. The molecule has 1 unspecified atom stereocenters. The van der Waals surface area contributed by atoms with Gasteiger partial charge in [0.05, 0.1) is 20.3 Å². The first-order valence-corrected chi connectivity index (χ1v) is 5.97. The van der Waals surface area contributed by atoms with Gasteiger partial charge < -0.3 is 14.8 Å². The third-order valence-electron chi connectivity index (χ3n) is 2.56. The molecule has 0 amide bonds. The number of methoxy groups -OCH3 is 2. The lowest BCUT2D eigenvalue weighted by molar-refractivity contribution is 0.372. The Labute approximate surface area is 103 Å². The van der Waals surface area contributed by atoms with Crippen LogP contribution in [0.3, 0.4) is 0 Å². The number of hydrogen-bond acceptors (Lipinski definition) is 5. The van der Waals surface area contributed by atoms with Crippen molar-refractivity contribution in [3.63, 3.8) is 0 Å². The molecular weight excluding hydrogens is 218 g/mol. The molecule has 0 spiro atoms. The number of anilines is 1. The molecule has 0 aromatic carbocycles. The van der Waals surface area contributed by atoms with Gasteiger partial charge in [-0.1, -0.05) is 20.3 Å². The molecule has 0 bridgehead atoms. The fourth-order valence-corrected chi connectivity index (χ4v) is 1.59. The Morgan fingerprint density at radius 1 is 1.18 bits per heavy atom. The minimum absolute atomic E-state index is 0.386. The first-order valence-electron chi connectivity index (χ1n) is 5.97. The Kier molecular flexibility index (Phi) is 5.52. The first-order chi connectivity index (χ1) is 8.23. The summed E-state index contributed by atoms with van der Waals surface area (Å²) in [5.74, 6) is 1.57. The summed E-state index contributed by atoms with van der Waals surface area (Å²) in [7, 11) is 3.16. The molecule has 1 N–H and O–H groups in total. The summed E-state index contributed by atoms with van der Waals surface area (Å²) in [6.07, 6.45) is 3.27. The average Bonchev–Trinajstić information content (AvgIpc) is 2.37. The van der Waals surface area contributed by atoms with E-state index < -0.39 is 0 Å². The Balaban J connectivity index is 2.81. The summed E-state index contributed by atoms with van der Waals surface area (Å²) in [5.41, 5.74) is 0. The van der Waals surface area contributed by atoms with Crippen molar-refractivity contribution in [3.8, 4) is 11.8 Å². The second kappa shape index (κ2) is 6.93. The fraction of sp³-hybridized carbons (Fsp3) is 0.667. The number of aromatic nitrogens is 2. The van der Waals surface area contributed by atoms with Crippen LogP contribution < -0.4 is 14.8 Å². The van der Waals surface area contributed by atoms with Gasteiger partial charge in [-0.2, -0.15) is 9.97 Å². The monoisotopic (exact) mass is 239 g/mol. The summed E-state index contributed by atoms with van der Waals surface area (Å²) in [4.78, 5) is 8.49. The van der Waals surface area contributed by atoms with Crippen molar-refractivity contribution in [2.45, 2.75) is 39.2 Å². The maximum Gasteiger partial charge on any atom is 0.229 e. The van der Waals surface area contributed by atoms with Gasteiger partial charge in [0.25, 0.3) is 0 Å². The van der Waals surface area contributed by atoms with Crippen LogP contribution in [-0.4, -0.2) is 30.2 Å². The highest BCUT2D eigenvalue weighted by atomic mass is 16.5. The predicted molar refractivity (Wildman–Crippen MR) is 67.7 cm³/mol. The summed E-state index contributed by atoms with van der Waals surface area (Å²) in [5, 5.41) is 3.30. The number of nitrogens with zero attached hydrogens (tertiary/aromatic N) is 2. The molecule has 96 valence electrons. The largest absolute Gasteiger partial charge is 0.481 e. The van der Waals surface area contributed by atoms with Crippen molar-refractivity contribution in [1.29, 1.82) is 0 Å². The normalized spacial score (nSPS) is 12.0. The highest BCUT2D eigenvalue weighted by molar-refractivity contribution is 5.34. The lowest BCUT2D eigenvalue weighted by Crippen LogP contribution is -2.19. The van der Waals surface area contributed by atoms with E-state index in [0.29, 0.717) is 23.8 Å². The van der Waals surface area contributed by atoms with Crippen LogP contribution in [0, 0.1) is 0 Å². The molecule has 0 aliphatic carbocycles. The van der Waals surface area contributed by atoms with Crippen LogP contribution in [0.5, 0.6) is 11.8 Å². The van der Waals surface area contributed by atoms with Crippen LogP contribution in [-0.2, 0) is 0 Å². The molecule has 0 saturated carbocycles. The quantitative estimate of drug-likeness (QED) is 0.792. The zero-order chi connectivity index (χ0) is 12.7. The smallest absolute Gasteiger partial charge is 0.229 e. The van der Waals surface area contributed by atoms with E-state index in [-0.39, 0.29) is 0 Å². The second-order valence-corrected chi connectivity index (χ2v) is 3.81. The Bertz CT molecular complexity index is 322. The van der Waals surface area contributed by atoms with E-state index in [2.05, 4.69) is 29.1 Å². The topological polar surface area (TPSA) is 56.3 Å². The highest BCUT2D eigenvalue weighted by Gasteiger charge is 2.09. The minimum Gasteiger partial charge on any atom is -0.481 e. The Morgan fingerprint density at radius 2 is 1.76 bits per heavy atom. The minimum atomic E-state index is 0.386. The SMILES string of the molecule is CCCC(CC)Nc1nc(OC)cc(OC)n1. The van der Waals surface area contributed by atoms with Gasteiger partial charge in [0.15, 0.2) is 0 Å². The summed E-state index contributed by atoms with van der Waals surface area (Å²) < 4.78 is 10.2. The van der Waals surface area contributed by atoms with Crippen molar-refractivity contribution in [2.75, 3.05) is 19.5 Å². The fourth-order valence-electron chi connectivity index (χ4n) is 1.59. The molecule has 1 aromatic heterocycles. The van der Waals surface area contributed by atoms with Gasteiger partial charge in [-0.25, -0.2) is 0 Å². The molecule has 1 aromatic rings. The summed E-state index contributed by atoms with van der Waals surface area (Å²) in [6.45, 7) is 4.31. The maximum atomic E-state index is 5.10. The van der Waals surface area contributed by atoms with E-state index in [1.807, 2.05) is 0 Å². The molecule has 0 aliphatic rings. The predicted octanol–water partition coefficient (Wildman–Crippen LogP) is 2.48. The molecule has 0 saturated heterocycles. The van der Waals surface area contributed by atoms with E-state index in [4.69, 9.17) is 9.47 Å². The van der Waals surface area contributed by atoms with Crippen molar-refractivity contribution >= 4 is 5.95 Å². The van der Waals surface area contributed by atoms with Crippen molar-refractivity contribution in [1.82, 2.24) is 9.97 Å². The average molecular weight is 239 g/mol. The Hall–Kier alpha value is -1.52. The van der Waals surface area contributed by atoms with Gasteiger partial charge in [0, 0.05) is 6.04 Å². The molecule has 1 heterocycles. The van der Waals surface area contributed by atoms with Crippen molar-refractivity contribution < 1.29 is 9.47 Å². The number of nitrogens with one attached hydrogen (secondary N) is 1. The van der Waals surface area contributed by atoms with Gasteiger partial charge in [0.1, 0.15) is 0 Å². The van der Waals surface area contributed by atoms with E-state index in [0.717, 1.165) is 19.3 Å². The molecule has 0 radical (unpaired) electrons. The van der Waals surface area contributed by atoms with Gasteiger partial charge in [-0.15, -0.1) is 0 Å². The van der Waals surface area contributed by atoms with E-state index in [1.165, 1.54) is 0 Å². The lowest BCUT2D eigenvalue weighted by atomic mass is 10.1. The van der Waals surface area contributed by atoms with Gasteiger partial charge in [0.2, 0.25) is 17.7 Å². The Morgan fingerprint density at radius 3 is 2.18 bits per heavy atom. The van der Waals surface area contributed by atoms with E-state index >= 15 is 0 Å². The molecule has 1 rings (SSSR count). The van der Waals surface area contributed by atoms with Crippen LogP contribution in [0.15, 0.2) is 6.07 Å². The molecule has 17 heavy (non-hydrogen) atoms. The number of hydrogen-bond donors (Lipinski definition) is 1. The second-order valence-electron chi connectivity index (χ2n) is 3.81. The van der Waals surface area contributed by atoms with Gasteiger partial charge in [-0.3, -0.25) is 0 Å². The molecule has 5 nitrogen and oxygen atoms in total. The van der Waals surface area contributed by atoms with Crippen LogP contribution in [0.4, 0.5) is 5.95 Å². The van der Waals surface area contributed by atoms with Crippen LogP contribution in [0.1, 0.15) is 33.1 Å². The number of ether oxygens (including phenoxy) is 2. The first kappa shape index (κ1) is 13.5. The molecule has 0 aliphatic heterocycles. The number of rotatable bonds is 7. The van der Waals surface area contributed by atoms with Crippen LogP contribution >= 0.6 is 0 Å².